The lowest BCUT2D eigenvalue weighted by Crippen LogP contribution is -2.07. The normalized spacial score (nSPS) is 10.7. The van der Waals surface area contributed by atoms with E-state index < -0.39 is 0 Å². The highest BCUT2D eigenvalue weighted by Gasteiger charge is 2.07. The lowest BCUT2D eigenvalue weighted by Gasteiger charge is -2.07. The molecule has 0 amide bonds. The zero-order valence-corrected chi connectivity index (χ0v) is 8.51. The maximum absolute atomic E-state index is 4.32. The minimum atomic E-state index is 0.920. The van der Waals surface area contributed by atoms with Crippen LogP contribution in [0.5, 0.6) is 0 Å². The molecular weight excluding hydrogens is 176 g/mol. The Balaban J connectivity index is 2.48. The fourth-order valence-corrected chi connectivity index (χ4v) is 1.55. The summed E-state index contributed by atoms with van der Waals surface area (Å²) >= 11 is 0. The summed E-state index contributed by atoms with van der Waals surface area (Å²) in [6.07, 6.45) is 8.48. The number of rotatable bonds is 3. The van der Waals surface area contributed by atoms with Gasteiger partial charge >= 0.3 is 0 Å². The molecule has 0 N–H and O–H groups in total. The van der Waals surface area contributed by atoms with Crippen LogP contribution in [0.4, 0.5) is 0 Å². The van der Waals surface area contributed by atoms with Gasteiger partial charge in [-0.25, -0.2) is 9.97 Å². The third kappa shape index (κ3) is 1.32. The van der Waals surface area contributed by atoms with Gasteiger partial charge in [-0.2, -0.15) is 0 Å². The first-order valence-electron chi connectivity index (χ1n) is 4.90. The van der Waals surface area contributed by atoms with Crippen LogP contribution < -0.4 is 0 Å². The number of imidazole rings is 2. The van der Waals surface area contributed by atoms with E-state index in [9.17, 15) is 0 Å². The molecule has 2 aromatic heterocycles. The molecule has 0 radical (unpaired) electrons. The highest BCUT2D eigenvalue weighted by molar-refractivity contribution is 5.17. The van der Waals surface area contributed by atoms with E-state index in [-0.39, 0.29) is 0 Å². The highest BCUT2D eigenvalue weighted by atomic mass is 15.2. The van der Waals surface area contributed by atoms with Gasteiger partial charge in [0.25, 0.3) is 0 Å². The first-order valence-corrected chi connectivity index (χ1v) is 4.90. The Hall–Kier alpha value is -1.58. The Kier molecular flexibility index (Phi) is 2.35. The molecule has 0 spiro atoms. The second kappa shape index (κ2) is 3.65. The quantitative estimate of drug-likeness (QED) is 0.737. The molecule has 2 rings (SSSR count). The van der Waals surface area contributed by atoms with E-state index in [2.05, 4.69) is 28.4 Å². The minimum Gasteiger partial charge on any atom is -0.317 e. The van der Waals surface area contributed by atoms with E-state index in [1.807, 2.05) is 29.4 Å². The number of aromatic nitrogens is 4. The molecule has 0 atom stereocenters. The first kappa shape index (κ1) is 8.99. The van der Waals surface area contributed by atoms with Crippen molar-refractivity contribution in [3.8, 4) is 5.95 Å². The van der Waals surface area contributed by atoms with Crippen LogP contribution >= 0.6 is 0 Å². The molecule has 14 heavy (non-hydrogen) atoms. The Bertz CT molecular complexity index is 373. The molecule has 0 aliphatic rings. The van der Waals surface area contributed by atoms with Crippen LogP contribution in [-0.4, -0.2) is 19.1 Å². The molecule has 4 nitrogen and oxygen atoms in total. The Morgan fingerprint density at radius 3 is 2.64 bits per heavy atom. The maximum Gasteiger partial charge on any atom is 0.215 e. The number of hydrogen-bond acceptors (Lipinski definition) is 2. The van der Waals surface area contributed by atoms with Crippen molar-refractivity contribution in [2.24, 2.45) is 0 Å². The standard InChI is InChI=1S/C10H14N4/c1-3-9-11-6-8-14(9)10-12-5-7-13(10)4-2/h5-8H,3-4H2,1-2H3. The summed E-state index contributed by atoms with van der Waals surface area (Å²) in [5, 5.41) is 0. The molecule has 0 aliphatic carbocycles. The number of nitrogens with zero attached hydrogens (tertiary/aromatic N) is 4. The Morgan fingerprint density at radius 2 is 1.93 bits per heavy atom. The lowest BCUT2D eigenvalue weighted by atomic mass is 10.4. The summed E-state index contributed by atoms with van der Waals surface area (Å²) in [7, 11) is 0. The third-order valence-corrected chi connectivity index (χ3v) is 2.28. The van der Waals surface area contributed by atoms with Crippen molar-refractivity contribution in [1.29, 1.82) is 0 Å². The van der Waals surface area contributed by atoms with Gasteiger partial charge in [-0.1, -0.05) is 6.92 Å². The lowest BCUT2D eigenvalue weighted by molar-refractivity contribution is 0.704. The van der Waals surface area contributed by atoms with Crippen LogP contribution in [0.1, 0.15) is 19.7 Å². The van der Waals surface area contributed by atoms with Crippen molar-refractivity contribution in [2.45, 2.75) is 26.8 Å². The van der Waals surface area contributed by atoms with Crippen LogP contribution in [0.25, 0.3) is 5.95 Å². The Labute approximate surface area is 83.2 Å². The Morgan fingerprint density at radius 1 is 1.14 bits per heavy atom. The summed E-state index contributed by atoms with van der Waals surface area (Å²) in [5.74, 6) is 1.99. The van der Waals surface area contributed by atoms with Crippen LogP contribution in [0, 0.1) is 0 Å². The molecule has 0 unspecified atom stereocenters. The van der Waals surface area contributed by atoms with Crippen molar-refractivity contribution < 1.29 is 0 Å². The summed E-state index contributed by atoms with van der Waals surface area (Å²) < 4.78 is 4.13. The van der Waals surface area contributed by atoms with Gasteiger partial charge in [-0.15, -0.1) is 0 Å². The van der Waals surface area contributed by atoms with Crippen LogP contribution in [0.3, 0.4) is 0 Å². The van der Waals surface area contributed by atoms with Crippen molar-refractivity contribution in [2.75, 3.05) is 0 Å². The molecule has 0 fully saturated rings. The van der Waals surface area contributed by atoms with Gasteiger partial charge in [0.05, 0.1) is 0 Å². The molecule has 74 valence electrons. The SMILES string of the molecule is CCc1nccn1-c1nccn1CC. The van der Waals surface area contributed by atoms with Gasteiger partial charge in [0, 0.05) is 37.8 Å². The highest BCUT2D eigenvalue weighted by Crippen LogP contribution is 2.08. The maximum atomic E-state index is 4.32. The molecule has 0 saturated carbocycles. The van der Waals surface area contributed by atoms with Gasteiger partial charge in [-0.05, 0) is 6.92 Å². The molecule has 0 aromatic carbocycles. The minimum absolute atomic E-state index is 0.920. The largest absolute Gasteiger partial charge is 0.317 e. The van der Waals surface area contributed by atoms with Gasteiger partial charge < -0.3 is 4.57 Å². The predicted molar refractivity (Wildman–Crippen MR) is 54.4 cm³/mol. The van der Waals surface area contributed by atoms with E-state index in [0.29, 0.717) is 0 Å². The number of aryl methyl sites for hydroxylation is 2. The molecule has 2 heterocycles. The summed E-state index contributed by atoms with van der Waals surface area (Å²) in [6.45, 7) is 5.13. The molecule has 0 saturated heterocycles. The van der Waals surface area contributed by atoms with Gasteiger partial charge in [-0.3, -0.25) is 4.57 Å². The van der Waals surface area contributed by atoms with Gasteiger partial charge in [0.1, 0.15) is 5.82 Å². The topological polar surface area (TPSA) is 35.6 Å². The third-order valence-electron chi connectivity index (χ3n) is 2.28. The van der Waals surface area contributed by atoms with E-state index in [0.717, 1.165) is 24.7 Å². The fraction of sp³-hybridized carbons (Fsp3) is 0.400. The average molecular weight is 190 g/mol. The van der Waals surface area contributed by atoms with Crippen molar-refractivity contribution >= 4 is 0 Å². The summed E-state index contributed by atoms with van der Waals surface area (Å²) in [6, 6.07) is 0. The van der Waals surface area contributed by atoms with E-state index >= 15 is 0 Å². The van der Waals surface area contributed by atoms with Crippen LogP contribution in [0.15, 0.2) is 24.8 Å². The van der Waals surface area contributed by atoms with Gasteiger partial charge in [0.2, 0.25) is 5.95 Å². The van der Waals surface area contributed by atoms with Crippen LogP contribution in [0.2, 0.25) is 0 Å². The first-order chi connectivity index (χ1) is 6.86. The molecule has 0 bridgehead atoms. The van der Waals surface area contributed by atoms with Crippen molar-refractivity contribution in [3.63, 3.8) is 0 Å². The molecule has 0 aliphatic heterocycles. The van der Waals surface area contributed by atoms with Gasteiger partial charge in [0.15, 0.2) is 0 Å². The second-order valence-corrected chi connectivity index (χ2v) is 3.08. The molecule has 4 heteroatoms. The second-order valence-electron chi connectivity index (χ2n) is 3.08. The molecule has 2 aromatic rings. The van der Waals surface area contributed by atoms with E-state index in [1.54, 1.807) is 0 Å². The summed E-state index contributed by atoms with van der Waals surface area (Å²) in [4.78, 5) is 8.60. The predicted octanol–water partition coefficient (Wildman–Crippen LogP) is 1.65. The zero-order valence-electron chi connectivity index (χ0n) is 8.51. The summed E-state index contributed by atoms with van der Waals surface area (Å²) in [5.41, 5.74) is 0. The van der Waals surface area contributed by atoms with Crippen molar-refractivity contribution in [3.05, 3.63) is 30.6 Å². The van der Waals surface area contributed by atoms with Crippen LogP contribution in [-0.2, 0) is 13.0 Å². The van der Waals surface area contributed by atoms with Crippen molar-refractivity contribution in [1.82, 2.24) is 19.1 Å². The number of hydrogen-bond donors (Lipinski definition) is 0. The molecular formula is C10H14N4. The van der Waals surface area contributed by atoms with E-state index in [1.165, 1.54) is 0 Å². The zero-order chi connectivity index (χ0) is 9.97. The monoisotopic (exact) mass is 190 g/mol. The average Bonchev–Trinajstić information content (AvgIpc) is 2.85. The van der Waals surface area contributed by atoms with E-state index in [4.69, 9.17) is 0 Å². The smallest absolute Gasteiger partial charge is 0.215 e. The fourth-order valence-electron chi connectivity index (χ4n) is 1.55.